The van der Waals surface area contributed by atoms with Gasteiger partial charge in [0.05, 0.1) is 0 Å². The van der Waals surface area contributed by atoms with Crippen molar-refractivity contribution in [3.63, 3.8) is 0 Å². The molecule has 0 bridgehead atoms. The maximum Gasteiger partial charge on any atom is 0.138 e. The summed E-state index contributed by atoms with van der Waals surface area (Å²) >= 11 is 1.47. The van der Waals surface area contributed by atoms with Gasteiger partial charge in [0.2, 0.25) is 0 Å². The van der Waals surface area contributed by atoms with E-state index in [9.17, 15) is 4.39 Å². The molecule has 0 aliphatic heterocycles. The monoisotopic (exact) mass is 260 g/mol. The van der Waals surface area contributed by atoms with Crippen LogP contribution in [0.2, 0.25) is 0 Å². The molecule has 1 N–H and O–H groups in total. The van der Waals surface area contributed by atoms with E-state index in [0.29, 0.717) is 5.82 Å². The Morgan fingerprint density at radius 3 is 2.89 bits per heavy atom. The first-order chi connectivity index (χ1) is 8.81. The molecule has 4 heteroatoms. The summed E-state index contributed by atoms with van der Waals surface area (Å²) < 4.78 is 16.0. The summed E-state index contributed by atoms with van der Waals surface area (Å²) in [6.07, 6.45) is 5.07. The van der Waals surface area contributed by atoms with Crippen LogP contribution in [0, 0.1) is 5.82 Å². The molecule has 2 aromatic rings. The molecule has 0 radical (unpaired) electrons. The van der Waals surface area contributed by atoms with Crippen molar-refractivity contribution in [1.29, 1.82) is 0 Å². The number of hydrogen-bond acceptors (Lipinski definition) is 3. The second-order valence-corrected chi connectivity index (χ2v) is 5.23. The Balaban J connectivity index is 1.70. The predicted molar refractivity (Wildman–Crippen MR) is 72.1 cm³/mol. The number of aromatic nitrogens is 1. The van der Waals surface area contributed by atoms with Gasteiger partial charge in [0.15, 0.2) is 0 Å². The van der Waals surface area contributed by atoms with Crippen LogP contribution in [0.25, 0.3) is 0 Å². The van der Waals surface area contributed by atoms with Crippen LogP contribution in [-0.2, 0) is 12.8 Å². The Morgan fingerprint density at radius 1 is 1.11 bits per heavy atom. The third-order valence-corrected chi connectivity index (χ3v) is 3.87. The number of nitrogens with one attached hydrogen (secondary N) is 1. The molecular formula is C14H13FN2S. The Kier molecular flexibility index (Phi) is 3.19. The van der Waals surface area contributed by atoms with Gasteiger partial charge in [-0.3, -0.25) is 0 Å². The van der Waals surface area contributed by atoms with Crippen LogP contribution in [0.4, 0.5) is 10.2 Å². The zero-order chi connectivity index (χ0) is 12.4. The number of anilines is 1. The van der Waals surface area contributed by atoms with Gasteiger partial charge in [-0.05, 0) is 60.5 Å². The predicted octanol–water partition coefficient (Wildman–Crippen LogP) is 3.83. The fourth-order valence-corrected chi connectivity index (χ4v) is 2.85. The summed E-state index contributed by atoms with van der Waals surface area (Å²) in [6.45, 7) is 0. The van der Waals surface area contributed by atoms with Crippen molar-refractivity contribution < 1.29 is 4.39 Å². The van der Waals surface area contributed by atoms with Gasteiger partial charge in [-0.25, -0.2) is 9.37 Å². The lowest BCUT2D eigenvalue weighted by molar-refractivity contribution is 0.626. The standard InChI is InChI=1S/C14H13FN2S/c15-12-6-7-16-14(9-12)17-18-13-5-4-10-2-1-3-11(10)8-13/h4-9H,1-3H2,(H,16,17). The highest BCUT2D eigenvalue weighted by Crippen LogP contribution is 2.27. The summed E-state index contributed by atoms with van der Waals surface area (Å²) in [5.41, 5.74) is 2.90. The number of aryl methyl sites for hydroxylation is 2. The summed E-state index contributed by atoms with van der Waals surface area (Å²) in [7, 11) is 0. The van der Waals surface area contributed by atoms with E-state index in [0.717, 1.165) is 4.90 Å². The van der Waals surface area contributed by atoms with Crippen LogP contribution in [0.1, 0.15) is 17.5 Å². The lowest BCUT2D eigenvalue weighted by Gasteiger charge is -2.06. The molecule has 1 aromatic heterocycles. The number of benzene rings is 1. The molecule has 0 saturated carbocycles. The smallest absolute Gasteiger partial charge is 0.138 e. The number of hydrogen-bond donors (Lipinski definition) is 1. The number of pyridine rings is 1. The highest BCUT2D eigenvalue weighted by atomic mass is 32.2. The zero-order valence-electron chi connectivity index (χ0n) is 9.82. The van der Waals surface area contributed by atoms with E-state index in [1.807, 2.05) is 0 Å². The molecule has 2 nitrogen and oxygen atoms in total. The quantitative estimate of drug-likeness (QED) is 0.849. The molecule has 3 rings (SSSR count). The van der Waals surface area contributed by atoms with Crippen LogP contribution in [-0.4, -0.2) is 4.98 Å². The molecule has 1 aliphatic carbocycles. The third-order valence-electron chi connectivity index (χ3n) is 3.07. The van der Waals surface area contributed by atoms with Crippen molar-refractivity contribution in [2.24, 2.45) is 0 Å². The summed E-state index contributed by atoms with van der Waals surface area (Å²) in [5.74, 6) is 0.266. The van der Waals surface area contributed by atoms with Crippen molar-refractivity contribution in [1.82, 2.24) is 4.98 Å². The summed E-state index contributed by atoms with van der Waals surface area (Å²) in [6, 6.07) is 9.22. The molecule has 0 atom stereocenters. The molecule has 18 heavy (non-hydrogen) atoms. The highest BCUT2D eigenvalue weighted by Gasteiger charge is 2.10. The molecule has 1 aliphatic rings. The maximum atomic E-state index is 13.0. The second kappa shape index (κ2) is 4.98. The van der Waals surface area contributed by atoms with E-state index in [1.165, 1.54) is 60.7 Å². The van der Waals surface area contributed by atoms with Crippen LogP contribution < -0.4 is 4.72 Å². The van der Waals surface area contributed by atoms with E-state index >= 15 is 0 Å². The van der Waals surface area contributed by atoms with Gasteiger partial charge in [0.25, 0.3) is 0 Å². The molecule has 92 valence electrons. The van der Waals surface area contributed by atoms with Gasteiger partial charge < -0.3 is 4.72 Å². The summed E-state index contributed by atoms with van der Waals surface area (Å²) in [5, 5.41) is 0. The number of rotatable bonds is 3. The Hall–Kier alpha value is -1.55. The molecule has 1 aromatic carbocycles. The second-order valence-electron chi connectivity index (χ2n) is 4.35. The first-order valence-electron chi connectivity index (χ1n) is 5.97. The lowest BCUT2D eigenvalue weighted by Crippen LogP contribution is -1.91. The average molecular weight is 260 g/mol. The highest BCUT2D eigenvalue weighted by molar-refractivity contribution is 8.00. The molecule has 1 heterocycles. The number of fused-ring (bicyclic) bond motifs is 1. The van der Waals surface area contributed by atoms with Gasteiger partial charge in [-0.2, -0.15) is 0 Å². The van der Waals surface area contributed by atoms with Gasteiger partial charge in [0.1, 0.15) is 11.6 Å². The lowest BCUT2D eigenvalue weighted by atomic mass is 10.1. The number of halogens is 1. The van der Waals surface area contributed by atoms with Crippen molar-refractivity contribution >= 4 is 17.8 Å². The van der Waals surface area contributed by atoms with Crippen molar-refractivity contribution in [3.05, 3.63) is 53.5 Å². The van der Waals surface area contributed by atoms with E-state index in [-0.39, 0.29) is 5.82 Å². The van der Waals surface area contributed by atoms with E-state index in [1.54, 1.807) is 0 Å². The van der Waals surface area contributed by atoms with Gasteiger partial charge in [-0.1, -0.05) is 6.07 Å². The SMILES string of the molecule is Fc1ccnc(NSc2ccc3c(c2)CCC3)c1. The van der Waals surface area contributed by atoms with Gasteiger partial charge >= 0.3 is 0 Å². The largest absolute Gasteiger partial charge is 0.310 e. The van der Waals surface area contributed by atoms with E-state index in [4.69, 9.17) is 0 Å². The average Bonchev–Trinajstić information content (AvgIpc) is 2.84. The first kappa shape index (κ1) is 11.5. The topological polar surface area (TPSA) is 24.9 Å². The molecule has 0 fully saturated rings. The molecule has 0 amide bonds. The van der Waals surface area contributed by atoms with Gasteiger partial charge in [0, 0.05) is 17.2 Å². The van der Waals surface area contributed by atoms with Crippen molar-refractivity contribution in [3.8, 4) is 0 Å². The Morgan fingerprint density at radius 2 is 2.00 bits per heavy atom. The minimum atomic E-state index is -0.276. The van der Waals surface area contributed by atoms with Crippen molar-refractivity contribution in [2.45, 2.75) is 24.2 Å². The maximum absolute atomic E-state index is 13.0. The normalized spacial score (nSPS) is 13.4. The van der Waals surface area contributed by atoms with Crippen LogP contribution >= 0.6 is 11.9 Å². The molecular weight excluding hydrogens is 247 g/mol. The Bertz CT molecular complexity index is 571. The number of nitrogens with zero attached hydrogens (tertiary/aromatic N) is 1. The molecule has 0 unspecified atom stereocenters. The minimum Gasteiger partial charge on any atom is -0.310 e. The zero-order valence-corrected chi connectivity index (χ0v) is 10.6. The molecule has 0 saturated heterocycles. The third kappa shape index (κ3) is 2.48. The first-order valence-corrected chi connectivity index (χ1v) is 6.79. The minimum absolute atomic E-state index is 0.276. The van der Waals surface area contributed by atoms with E-state index < -0.39 is 0 Å². The van der Waals surface area contributed by atoms with Gasteiger partial charge in [-0.15, -0.1) is 0 Å². The molecule has 0 spiro atoms. The van der Waals surface area contributed by atoms with Crippen molar-refractivity contribution in [2.75, 3.05) is 4.72 Å². The van der Waals surface area contributed by atoms with Crippen LogP contribution in [0.5, 0.6) is 0 Å². The fraction of sp³-hybridized carbons (Fsp3) is 0.214. The van der Waals surface area contributed by atoms with E-state index in [2.05, 4.69) is 27.9 Å². The van der Waals surface area contributed by atoms with Crippen LogP contribution in [0.15, 0.2) is 41.4 Å². The summed E-state index contributed by atoms with van der Waals surface area (Å²) in [4.78, 5) is 5.20. The van der Waals surface area contributed by atoms with Crippen LogP contribution in [0.3, 0.4) is 0 Å². The Labute approximate surface area is 110 Å². The fourth-order valence-electron chi connectivity index (χ4n) is 2.18.